The smallest absolute Gasteiger partial charge is 0.406 e. The standard InChI is InChI=1S/C15H22F3NO/c1-4-9-14(2,11-19-3)10-12-5-7-13(8-6-12)20-15(16,17)18/h5-8,19H,4,9-11H2,1-3H3. The first-order valence-corrected chi connectivity index (χ1v) is 6.77. The largest absolute Gasteiger partial charge is 0.573 e. The van der Waals surface area contributed by atoms with Crippen molar-refractivity contribution in [1.29, 1.82) is 0 Å². The van der Waals surface area contributed by atoms with Crippen molar-refractivity contribution in [3.05, 3.63) is 29.8 Å². The number of nitrogens with one attached hydrogen (secondary N) is 1. The molecule has 0 radical (unpaired) electrons. The summed E-state index contributed by atoms with van der Waals surface area (Å²) in [7, 11) is 1.91. The van der Waals surface area contributed by atoms with Crippen molar-refractivity contribution < 1.29 is 17.9 Å². The fourth-order valence-corrected chi connectivity index (χ4v) is 2.57. The van der Waals surface area contributed by atoms with Crippen LogP contribution in [0.1, 0.15) is 32.3 Å². The van der Waals surface area contributed by atoms with Crippen molar-refractivity contribution in [3.63, 3.8) is 0 Å². The summed E-state index contributed by atoms with van der Waals surface area (Å²) < 4.78 is 40.1. The Labute approximate surface area is 118 Å². The molecular weight excluding hydrogens is 267 g/mol. The van der Waals surface area contributed by atoms with Gasteiger partial charge in [0, 0.05) is 6.54 Å². The Morgan fingerprint density at radius 1 is 1.15 bits per heavy atom. The minimum absolute atomic E-state index is 0.107. The third-order valence-corrected chi connectivity index (χ3v) is 3.24. The van der Waals surface area contributed by atoms with Gasteiger partial charge in [-0.15, -0.1) is 13.2 Å². The van der Waals surface area contributed by atoms with Gasteiger partial charge < -0.3 is 10.1 Å². The lowest BCUT2D eigenvalue weighted by molar-refractivity contribution is -0.274. The van der Waals surface area contributed by atoms with Crippen molar-refractivity contribution in [3.8, 4) is 5.75 Å². The van der Waals surface area contributed by atoms with Crippen molar-refractivity contribution in [1.82, 2.24) is 5.32 Å². The number of ether oxygens (including phenoxy) is 1. The average Bonchev–Trinajstić information content (AvgIpc) is 2.30. The van der Waals surface area contributed by atoms with Gasteiger partial charge >= 0.3 is 6.36 Å². The van der Waals surface area contributed by atoms with Gasteiger partial charge in [-0.05, 0) is 43.0 Å². The molecule has 0 aliphatic carbocycles. The van der Waals surface area contributed by atoms with Gasteiger partial charge in [-0.25, -0.2) is 0 Å². The van der Waals surface area contributed by atoms with E-state index >= 15 is 0 Å². The van der Waals surface area contributed by atoms with E-state index in [1.165, 1.54) is 12.1 Å². The molecule has 1 atom stereocenters. The second-order valence-corrected chi connectivity index (χ2v) is 5.46. The molecule has 5 heteroatoms. The van der Waals surface area contributed by atoms with Gasteiger partial charge in [-0.2, -0.15) is 0 Å². The molecule has 0 amide bonds. The van der Waals surface area contributed by atoms with Crippen LogP contribution in [0.25, 0.3) is 0 Å². The number of benzene rings is 1. The Morgan fingerprint density at radius 3 is 2.20 bits per heavy atom. The van der Waals surface area contributed by atoms with Gasteiger partial charge in [-0.3, -0.25) is 0 Å². The monoisotopic (exact) mass is 289 g/mol. The molecule has 2 nitrogen and oxygen atoms in total. The Balaban J connectivity index is 2.72. The lowest BCUT2D eigenvalue weighted by Crippen LogP contribution is -2.31. The SMILES string of the molecule is CCCC(C)(CNC)Cc1ccc(OC(F)(F)F)cc1. The fourth-order valence-electron chi connectivity index (χ4n) is 2.57. The predicted octanol–water partition coefficient (Wildman–Crippen LogP) is 4.15. The van der Waals surface area contributed by atoms with E-state index in [0.717, 1.165) is 31.4 Å². The van der Waals surface area contributed by atoms with Gasteiger partial charge in [0.25, 0.3) is 0 Å². The Hall–Kier alpha value is -1.23. The summed E-state index contributed by atoms with van der Waals surface area (Å²) in [5.74, 6) is -0.174. The molecule has 1 aromatic rings. The predicted molar refractivity (Wildman–Crippen MR) is 73.8 cm³/mol. The molecule has 0 spiro atoms. The maximum absolute atomic E-state index is 12.1. The second-order valence-electron chi connectivity index (χ2n) is 5.46. The summed E-state index contributed by atoms with van der Waals surface area (Å²) >= 11 is 0. The van der Waals surface area contributed by atoms with E-state index in [-0.39, 0.29) is 11.2 Å². The van der Waals surface area contributed by atoms with Crippen LogP contribution in [0.4, 0.5) is 13.2 Å². The third-order valence-electron chi connectivity index (χ3n) is 3.24. The molecule has 1 N–H and O–H groups in total. The number of rotatable bonds is 7. The van der Waals surface area contributed by atoms with Crippen LogP contribution in [0, 0.1) is 5.41 Å². The summed E-state index contributed by atoms with van der Waals surface area (Å²) in [5.41, 5.74) is 1.13. The van der Waals surface area contributed by atoms with Crippen LogP contribution in [0.5, 0.6) is 5.75 Å². The van der Waals surface area contributed by atoms with E-state index in [0.29, 0.717) is 0 Å². The van der Waals surface area contributed by atoms with Crippen LogP contribution in [-0.2, 0) is 6.42 Å². The van der Waals surface area contributed by atoms with Crippen LogP contribution >= 0.6 is 0 Å². The molecule has 114 valence electrons. The van der Waals surface area contributed by atoms with E-state index in [2.05, 4.69) is 23.9 Å². The Morgan fingerprint density at radius 2 is 1.75 bits per heavy atom. The van der Waals surface area contributed by atoms with Crippen molar-refractivity contribution >= 4 is 0 Å². The second kappa shape index (κ2) is 6.97. The molecule has 0 saturated carbocycles. The van der Waals surface area contributed by atoms with Gasteiger partial charge in [0.1, 0.15) is 5.75 Å². The maximum atomic E-state index is 12.1. The zero-order valence-corrected chi connectivity index (χ0v) is 12.2. The summed E-state index contributed by atoms with van der Waals surface area (Å²) in [5, 5.41) is 3.18. The van der Waals surface area contributed by atoms with Gasteiger partial charge in [0.15, 0.2) is 0 Å². The molecule has 1 unspecified atom stereocenters. The maximum Gasteiger partial charge on any atom is 0.573 e. The normalized spacial score (nSPS) is 14.9. The van der Waals surface area contributed by atoms with Gasteiger partial charge in [0.05, 0.1) is 0 Å². The van der Waals surface area contributed by atoms with Crippen LogP contribution in [0.15, 0.2) is 24.3 Å². The lowest BCUT2D eigenvalue weighted by Gasteiger charge is -2.29. The van der Waals surface area contributed by atoms with Crippen LogP contribution in [-0.4, -0.2) is 20.0 Å². The van der Waals surface area contributed by atoms with E-state index in [1.807, 2.05) is 7.05 Å². The molecule has 0 aromatic heterocycles. The highest BCUT2D eigenvalue weighted by Gasteiger charge is 2.31. The van der Waals surface area contributed by atoms with Gasteiger partial charge in [-0.1, -0.05) is 32.4 Å². The Bertz CT molecular complexity index is 395. The van der Waals surface area contributed by atoms with Crippen LogP contribution < -0.4 is 10.1 Å². The third kappa shape index (κ3) is 5.82. The number of halogens is 3. The topological polar surface area (TPSA) is 21.3 Å². The molecular formula is C15H22F3NO. The minimum Gasteiger partial charge on any atom is -0.406 e. The molecule has 1 aromatic carbocycles. The molecule has 0 bridgehead atoms. The van der Waals surface area contributed by atoms with Crippen LogP contribution in [0.3, 0.4) is 0 Å². The van der Waals surface area contributed by atoms with Crippen molar-refractivity contribution in [2.75, 3.05) is 13.6 Å². The first kappa shape index (κ1) is 16.8. The number of alkyl halides is 3. The first-order valence-electron chi connectivity index (χ1n) is 6.77. The van der Waals surface area contributed by atoms with E-state index < -0.39 is 6.36 Å². The summed E-state index contributed by atoms with van der Waals surface area (Å²) in [6.07, 6.45) is -1.67. The zero-order valence-electron chi connectivity index (χ0n) is 12.2. The Kier molecular flexibility index (Phi) is 5.87. The molecule has 0 saturated heterocycles. The highest BCUT2D eigenvalue weighted by atomic mass is 19.4. The summed E-state index contributed by atoms with van der Waals surface area (Å²) in [6.45, 7) is 5.20. The molecule has 0 aliphatic heterocycles. The van der Waals surface area contributed by atoms with Crippen LogP contribution in [0.2, 0.25) is 0 Å². The fraction of sp³-hybridized carbons (Fsp3) is 0.600. The highest BCUT2D eigenvalue weighted by Crippen LogP contribution is 2.29. The molecule has 20 heavy (non-hydrogen) atoms. The molecule has 1 rings (SSSR count). The van der Waals surface area contributed by atoms with Gasteiger partial charge in [0.2, 0.25) is 0 Å². The van der Waals surface area contributed by atoms with E-state index in [9.17, 15) is 13.2 Å². The minimum atomic E-state index is -4.63. The molecule has 0 heterocycles. The van der Waals surface area contributed by atoms with E-state index in [1.54, 1.807) is 12.1 Å². The highest BCUT2D eigenvalue weighted by molar-refractivity contribution is 5.28. The van der Waals surface area contributed by atoms with E-state index in [4.69, 9.17) is 0 Å². The number of hydrogen-bond acceptors (Lipinski definition) is 2. The zero-order chi connectivity index (χ0) is 15.2. The molecule has 0 aliphatic rings. The summed E-state index contributed by atoms with van der Waals surface area (Å²) in [4.78, 5) is 0. The quantitative estimate of drug-likeness (QED) is 0.814. The lowest BCUT2D eigenvalue weighted by atomic mass is 9.79. The number of hydrogen-bond donors (Lipinski definition) is 1. The van der Waals surface area contributed by atoms with Crippen molar-refractivity contribution in [2.24, 2.45) is 5.41 Å². The molecule has 0 fully saturated rings. The average molecular weight is 289 g/mol. The first-order chi connectivity index (χ1) is 9.28. The van der Waals surface area contributed by atoms with Crippen molar-refractivity contribution in [2.45, 2.75) is 39.5 Å². The summed E-state index contributed by atoms with van der Waals surface area (Å²) in [6, 6.07) is 6.14.